The number of nitriles is 1. The van der Waals surface area contributed by atoms with Crippen LogP contribution in [-0.2, 0) is 19.1 Å². The summed E-state index contributed by atoms with van der Waals surface area (Å²) in [5, 5.41) is 8.12. The van der Waals surface area contributed by atoms with Crippen LogP contribution in [0, 0.1) is 11.5 Å². The minimum Gasteiger partial charge on any atom is -0.299 e. The number of isocyanates is 1. The first kappa shape index (κ1) is 10.9. The molecule has 0 fully saturated rings. The summed E-state index contributed by atoms with van der Waals surface area (Å²) >= 11 is 0. The maximum atomic E-state index is 11.3. The molecule has 0 radical (unpaired) electrons. The van der Waals surface area contributed by atoms with Gasteiger partial charge in [0, 0.05) is 0 Å². The number of hydrogen-bond acceptors (Lipinski definition) is 6. The molecule has 6 nitrogen and oxygen atoms in total. The van der Waals surface area contributed by atoms with E-state index in [9.17, 15) is 13.2 Å². The molecule has 1 rings (SSSR count). The van der Waals surface area contributed by atoms with E-state index < -0.39 is 10.1 Å². The van der Waals surface area contributed by atoms with Gasteiger partial charge in [0.2, 0.25) is 6.08 Å². The average Bonchev–Trinajstić information content (AvgIpc) is 2.19. The lowest BCUT2D eigenvalue weighted by atomic mass is 10.3. The van der Waals surface area contributed by atoms with Crippen LogP contribution in [0.3, 0.4) is 0 Å². The molecule has 0 amide bonds. The third-order valence-corrected chi connectivity index (χ3v) is 2.63. The van der Waals surface area contributed by atoms with Gasteiger partial charge < -0.3 is 0 Å². The maximum Gasteiger partial charge on any atom is 0.351 e. The number of rotatable bonds is 3. The predicted molar refractivity (Wildman–Crippen MR) is 48.1 cm³/mol. The highest BCUT2D eigenvalue weighted by atomic mass is 32.2. The largest absolute Gasteiger partial charge is 0.351 e. The number of benzene rings is 1. The molecule has 0 N–H and O–H groups in total. The van der Waals surface area contributed by atoms with Crippen LogP contribution in [0.2, 0.25) is 0 Å². The lowest BCUT2D eigenvalue weighted by molar-refractivity contribution is 0.459. The number of hydrogen-bond donors (Lipinski definition) is 0. The Balaban J connectivity index is 3.38. The van der Waals surface area contributed by atoms with Gasteiger partial charge in [-0.15, -0.1) is 5.26 Å². The highest BCUT2D eigenvalue weighted by Crippen LogP contribution is 2.24. The second kappa shape index (κ2) is 4.37. The molecule has 0 aliphatic heterocycles. The molecule has 76 valence electrons. The fourth-order valence-corrected chi connectivity index (χ4v) is 1.71. The van der Waals surface area contributed by atoms with E-state index in [1.165, 1.54) is 30.3 Å². The molecule has 0 spiro atoms. The Bertz CT molecular complexity index is 552. The van der Waals surface area contributed by atoms with Crippen LogP contribution < -0.4 is 0 Å². The maximum absolute atomic E-state index is 11.3. The molecule has 0 saturated carbocycles. The Morgan fingerprint density at radius 1 is 1.33 bits per heavy atom. The van der Waals surface area contributed by atoms with Crippen molar-refractivity contribution in [2.75, 3.05) is 0 Å². The highest BCUT2D eigenvalue weighted by molar-refractivity contribution is 7.87. The summed E-state index contributed by atoms with van der Waals surface area (Å²) in [4.78, 5) is 12.8. The van der Waals surface area contributed by atoms with E-state index in [1.807, 2.05) is 0 Å². The van der Waals surface area contributed by atoms with E-state index >= 15 is 0 Å². The third-order valence-electron chi connectivity index (χ3n) is 1.45. The van der Waals surface area contributed by atoms with Crippen LogP contribution >= 0.6 is 0 Å². The zero-order valence-electron chi connectivity index (χ0n) is 7.25. The molecule has 0 aliphatic rings. The molecule has 0 atom stereocenters. The van der Waals surface area contributed by atoms with Gasteiger partial charge >= 0.3 is 16.4 Å². The van der Waals surface area contributed by atoms with E-state index in [0.29, 0.717) is 0 Å². The Morgan fingerprint density at radius 3 is 2.60 bits per heavy atom. The highest BCUT2D eigenvalue weighted by Gasteiger charge is 2.19. The number of nitrogens with zero attached hydrogens (tertiary/aromatic N) is 2. The third kappa shape index (κ3) is 2.40. The van der Waals surface area contributed by atoms with Crippen molar-refractivity contribution in [1.82, 2.24) is 0 Å². The molecule has 0 unspecified atom stereocenters. The minimum absolute atomic E-state index is 0.122. The lowest BCUT2D eigenvalue weighted by Gasteiger charge is -2.01. The van der Waals surface area contributed by atoms with Gasteiger partial charge in [-0.05, 0) is 12.1 Å². The van der Waals surface area contributed by atoms with Gasteiger partial charge in [0.1, 0.15) is 4.90 Å². The van der Waals surface area contributed by atoms with Gasteiger partial charge in [-0.25, -0.2) is 4.79 Å². The van der Waals surface area contributed by atoms with Crippen LogP contribution in [0.5, 0.6) is 0 Å². The molecule has 1 aromatic carbocycles. The monoisotopic (exact) mass is 224 g/mol. The first-order chi connectivity index (χ1) is 7.11. The van der Waals surface area contributed by atoms with Gasteiger partial charge in [0.25, 0.3) is 0 Å². The van der Waals surface area contributed by atoms with Gasteiger partial charge in [-0.2, -0.15) is 13.4 Å². The Kier molecular flexibility index (Phi) is 3.18. The predicted octanol–water partition coefficient (Wildman–Crippen LogP) is 0.840. The van der Waals surface area contributed by atoms with Crippen LogP contribution in [-0.4, -0.2) is 14.5 Å². The standard InChI is InChI=1S/C8H4N2O4S/c9-5-14-15(12,13)8-4-2-1-3-7(8)10-6-11/h1-4H. The number of aliphatic imine (C=N–C) groups is 1. The zero-order valence-corrected chi connectivity index (χ0v) is 8.06. The molecule has 0 bridgehead atoms. The number of carbonyl (C=O) groups excluding carboxylic acids is 1. The van der Waals surface area contributed by atoms with E-state index in [0.717, 1.165) is 6.26 Å². The quantitative estimate of drug-likeness (QED) is 0.328. The first-order valence-corrected chi connectivity index (χ1v) is 5.02. The fraction of sp³-hybridized carbons (Fsp3) is 0. The average molecular weight is 224 g/mol. The summed E-state index contributed by atoms with van der Waals surface area (Å²) in [6.45, 7) is 0. The summed E-state index contributed by atoms with van der Waals surface area (Å²) in [6, 6.07) is 5.36. The molecule has 1 aromatic rings. The van der Waals surface area contributed by atoms with Crippen LogP contribution in [0.1, 0.15) is 0 Å². The van der Waals surface area contributed by atoms with Gasteiger partial charge in [-0.1, -0.05) is 12.1 Å². The van der Waals surface area contributed by atoms with Gasteiger partial charge in [0.05, 0.1) is 5.69 Å². The summed E-state index contributed by atoms with van der Waals surface area (Å²) in [6.07, 6.45) is 2.26. The summed E-state index contributed by atoms with van der Waals surface area (Å²) in [5.41, 5.74) is -0.122. The normalized spacial score (nSPS) is 9.80. The molecule has 0 aromatic heterocycles. The minimum atomic E-state index is -4.20. The summed E-state index contributed by atoms with van der Waals surface area (Å²) in [5.74, 6) is 0. The van der Waals surface area contributed by atoms with E-state index in [1.54, 1.807) is 0 Å². The van der Waals surface area contributed by atoms with Crippen molar-refractivity contribution in [3.05, 3.63) is 24.3 Å². The second-order valence-corrected chi connectivity index (χ2v) is 3.81. The fourth-order valence-electron chi connectivity index (χ4n) is 0.904. The Labute approximate surface area is 85.6 Å². The van der Waals surface area contributed by atoms with Crippen molar-refractivity contribution in [3.8, 4) is 6.26 Å². The topological polar surface area (TPSA) is 96.6 Å². The van der Waals surface area contributed by atoms with Crippen molar-refractivity contribution in [2.45, 2.75) is 4.90 Å². The second-order valence-electron chi connectivity index (χ2n) is 2.30. The molecule has 0 saturated heterocycles. The molecule has 0 heterocycles. The van der Waals surface area contributed by atoms with Crippen molar-refractivity contribution in [1.29, 1.82) is 5.26 Å². The van der Waals surface area contributed by atoms with Crippen molar-refractivity contribution in [2.24, 2.45) is 4.99 Å². The molecular weight excluding hydrogens is 220 g/mol. The Morgan fingerprint density at radius 2 is 2.00 bits per heavy atom. The smallest absolute Gasteiger partial charge is 0.299 e. The molecule has 7 heteroatoms. The zero-order chi connectivity index (χ0) is 11.3. The van der Waals surface area contributed by atoms with E-state index in [-0.39, 0.29) is 10.6 Å². The van der Waals surface area contributed by atoms with Crippen molar-refractivity contribution < 1.29 is 17.4 Å². The SMILES string of the molecule is N#COS(=O)(=O)c1ccccc1N=C=O. The van der Waals surface area contributed by atoms with Crippen LogP contribution in [0.4, 0.5) is 5.69 Å². The van der Waals surface area contributed by atoms with Crippen LogP contribution in [0.25, 0.3) is 0 Å². The first-order valence-electron chi connectivity index (χ1n) is 3.61. The molecule has 15 heavy (non-hydrogen) atoms. The van der Waals surface area contributed by atoms with Gasteiger partial charge in [-0.3, -0.25) is 4.18 Å². The van der Waals surface area contributed by atoms with E-state index in [4.69, 9.17) is 5.26 Å². The Hall–Kier alpha value is -2.16. The summed E-state index contributed by atoms with van der Waals surface area (Å²) < 4.78 is 26.5. The van der Waals surface area contributed by atoms with Crippen LogP contribution in [0.15, 0.2) is 34.2 Å². The van der Waals surface area contributed by atoms with Crippen molar-refractivity contribution >= 4 is 21.9 Å². The number of para-hydroxylation sites is 1. The molecule has 0 aliphatic carbocycles. The lowest BCUT2D eigenvalue weighted by Crippen LogP contribution is -2.02. The van der Waals surface area contributed by atoms with Crippen molar-refractivity contribution in [3.63, 3.8) is 0 Å². The molecular formula is C8H4N2O4S. The van der Waals surface area contributed by atoms with Gasteiger partial charge in [0.15, 0.2) is 0 Å². The summed E-state index contributed by atoms with van der Waals surface area (Å²) in [7, 11) is -4.20. The van der Waals surface area contributed by atoms with E-state index in [2.05, 4.69) is 9.18 Å².